The number of hydrogen-bond acceptors (Lipinski definition) is 3. The molecule has 0 radical (unpaired) electrons. The number of nitrogens with zero attached hydrogens (tertiary/aromatic N) is 1. The fraction of sp³-hybridized carbons (Fsp3) is 1.00. The lowest BCUT2D eigenvalue weighted by atomic mass is 9.95. The molecule has 0 spiro atoms. The lowest BCUT2D eigenvalue weighted by Crippen LogP contribution is -2.52. The molecule has 0 aromatic heterocycles. The molecule has 1 rings (SSSR count). The van der Waals surface area contributed by atoms with E-state index in [1.807, 2.05) is 0 Å². The predicted octanol–water partition coefficient (Wildman–Crippen LogP) is 0.161. The lowest BCUT2D eigenvalue weighted by Gasteiger charge is -2.36. The average Bonchev–Trinajstić information content (AvgIpc) is 2.21. The summed E-state index contributed by atoms with van der Waals surface area (Å²) in [6.45, 7) is 8.57. The van der Waals surface area contributed by atoms with Gasteiger partial charge in [0, 0.05) is 25.7 Å². The Labute approximate surface area is 98.8 Å². The minimum Gasteiger partial charge on any atom is -0.314 e. The first-order valence-corrected chi connectivity index (χ1v) is 7.43. The molecule has 1 aliphatic heterocycles. The van der Waals surface area contributed by atoms with E-state index in [0.29, 0.717) is 31.6 Å². The summed E-state index contributed by atoms with van der Waals surface area (Å²) < 4.78 is 27.7. The van der Waals surface area contributed by atoms with Crippen molar-refractivity contribution in [3.8, 4) is 0 Å². The standard InChI is InChI=1S/C10H23N3O2S/c1-4-11-10-6-7-13(8-9(10)3)16(14,15)12-5-2/h9-12H,4-8H2,1-3H3. The molecule has 2 N–H and O–H groups in total. The number of rotatable bonds is 5. The Balaban J connectivity index is 2.57. The van der Waals surface area contributed by atoms with E-state index in [-0.39, 0.29) is 0 Å². The normalized spacial score (nSPS) is 28.2. The SMILES string of the molecule is CCNC1CCN(S(=O)(=O)NCC)CC1C. The maximum absolute atomic E-state index is 11.8. The second-order valence-corrected chi connectivity index (χ2v) is 6.05. The van der Waals surface area contributed by atoms with Gasteiger partial charge < -0.3 is 5.32 Å². The van der Waals surface area contributed by atoms with Gasteiger partial charge in [0.1, 0.15) is 0 Å². The van der Waals surface area contributed by atoms with Gasteiger partial charge in [-0.05, 0) is 18.9 Å². The Morgan fingerprint density at radius 2 is 2.00 bits per heavy atom. The fourth-order valence-corrected chi connectivity index (χ4v) is 3.49. The third kappa shape index (κ3) is 3.41. The third-order valence-electron chi connectivity index (χ3n) is 3.00. The van der Waals surface area contributed by atoms with Crippen LogP contribution < -0.4 is 10.0 Å². The first kappa shape index (κ1) is 13.9. The average molecular weight is 249 g/mol. The Bertz CT molecular complexity index is 305. The minimum atomic E-state index is -3.25. The van der Waals surface area contributed by atoms with Crippen LogP contribution in [-0.4, -0.2) is 44.9 Å². The summed E-state index contributed by atoms with van der Waals surface area (Å²) >= 11 is 0. The van der Waals surface area contributed by atoms with Gasteiger partial charge in [0.15, 0.2) is 0 Å². The van der Waals surface area contributed by atoms with Crippen molar-refractivity contribution < 1.29 is 8.42 Å². The van der Waals surface area contributed by atoms with Crippen LogP contribution in [0.5, 0.6) is 0 Å². The predicted molar refractivity (Wildman–Crippen MR) is 65.4 cm³/mol. The summed E-state index contributed by atoms with van der Waals surface area (Å²) in [5.74, 6) is 0.363. The summed E-state index contributed by atoms with van der Waals surface area (Å²) in [5, 5.41) is 3.40. The van der Waals surface area contributed by atoms with Gasteiger partial charge in [-0.1, -0.05) is 20.8 Å². The highest BCUT2D eigenvalue weighted by Crippen LogP contribution is 2.18. The van der Waals surface area contributed by atoms with Gasteiger partial charge in [0.2, 0.25) is 0 Å². The molecule has 6 heteroatoms. The van der Waals surface area contributed by atoms with E-state index in [1.165, 1.54) is 0 Å². The van der Waals surface area contributed by atoms with E-state index in [9.17, 15) is 8.42 Å². The van der Waals surface area contributed by atoms with Crippen LogP contribution in [0.25, 0.3) is 0 Å². The van der Waals surface area contributed by atoms with Crippen molar-refractivity contribution in [2.24, 2.45) is 5.92 Å². The number of hydrogen-bond donors (Lipinski definition) is 2. The van der Waals surface area contributed by atoms with E-state index in [4.69, 9.17) is 0 Å². The van der Waals surface area contributed by atoms with Crippen molar-refractivity contribution in [3.63, 3.8) is 0 Å². The van der Waals surface area contributed by atoms with E-state index in [1.54, 1.807) is 11.2 Å². The van der Waals surface area contributed by atoms with Crippen molar-refractivity contribution in [3.05, 3.63) is 0 Å². The molecule has 1 fully saturated rings. The second kappa shape index (κ2) is 5.95. The topological polar surface area (TPSA) is 61.4 Å². The molecule has 16 heavy (non-hydrogen) atoms. The quantitative estimate of drug-likeness (QED) is 0.730. The van der Waals surface area contributed by atoms with Crippen LogP contribution in [0.1, 0.15) is 27.2 Å². The van der Waals surface area contributed by atoms with Crippen molar-refractivity contribution in [1.82, 2.24) is 14.3 Å². The zero-order chi connectivity index (χ0) is 12.2. The van der Waals surface area contributed by atoms with E-state index in [2.05, 4.69) is 23.9 Å². The monoisotopic (exact) mass is 249 g/mol. The van der Waals surface area contributed by atoms with Gasteiger partial charge in [0.05, 0.1) is 0 Å². The molecule has 2 unspecified atom stereocenters. The molecule has 5 nitrogen and oxygen atoms in total. The first-order chi connectivity index (χ1) is 7.51. The Kier molecular flexibility index (Phi) is 5.17. The van der Waals surface area contributed by atoms with Crippen molar-refractivity contribution >= 4 is 10.2 Å². The zero-order valence-corrected chi connectivity index (χ0v) is 11.2. The van der Waals surface area contributed by atoms with E-state index >= 15 is 0 Å². The highest BCUT2D eigenvalue weighted by molar-refractivity contribution is 7.87. The van der Waals surface area contributed by atoms with Crippen LogP contribution in [0, 0.1) is 5.92 Å². The maximum atomic E-state index is 11.8. The number of nitrogens with one attached hydrogen (secondary N) is 2. The largest absolute Gasteiger partial charge is 0.314 e. The Morgan fingerprint density at radius 1 is 1.31 bits per heavy atom. The lowest BCUT2D eigenvalue weighted by molar-refractivity contribution is 0.221. The smallest absolute Gasteiger partial charge is 0.279 e. The second-order valence-electron chi connectivity index (χ2n) is 4.29. The molecule has 0 aromatic carbocycles. The van der Waals surface area contributed by atoms with Gasteiger partial charge >= 0.3 is 0 Å². The first-order valence-electron chi connectivity index (χ1n) is 5.99. The molecule has 0 saturated carbocycles. The molecule has 1 heterocycles. The van der Waals surface area contributed by atoms with Gasteiger partial charge in [-0.15, -0.1) is 0 Å². The van der Waals surface area contributed by atoms with Crippen molar-refractivity contribution in [1.29, 1.82) is 0 Å². The fourth-order valence-electron chi connectivity index (χ4n) is 2.16. The van der Waals surface area contributed by atoms with Crippen LogP contribution >= 0.6 is 0 Å². The summed E-state index contributed by atoms with van der Waals surface area (Å²) in [7, 11) is -3.25. The molecule has 1 aliphatic rings. The van der Waals surface area contributed by atoms with Gasteiger partial charge in [0.25, 0.3) is 10.2 Å². The van der Waals surface area contributed by atoms with E-state index < -0.39 is 10.2 Å². The highest BCUT2D eigenvalue weighted by atomic mass is 32.2. The summed E-state index contributed by atoms with van der Waals surface area (Å²) in [6, 6.07) is 0.443. The summed E-state index contributed by atoms with van der Waals surface area (Å²) in [4.78, 5) is 0. The van der Waals surface area contributed by atoms with E-state index in [0.717, 1.165) is 13.0 Å². The van der Waals surface area contributed by atoms with Crippen molar-refractivity contribution in [2.45, 2.75) is 33.2 Å². The molecule has 1 saturated heterocycles. The van der Waals surface area contributed by atoms with Gasteiger partial charge in [-0.25, -0.2) is 4.72 Å². The van der Waals surface area contributed by atoms with Crippen LogP contribution in [0.2, 0.25) is 0 Å². The zero-order valence-electron chi connectivity index (χ0n) is 10.4. The molecule has 0 aromatic rings. The molecular formula is C10H23N3O2S. The van der Waals surface area contributed by atoms with Crippen LogP contribution in [-0.2, 0) is 10.2 Å². The van der Waals surface area contributed by atoms with Crippen LogP contribution in [0.3, 0.4) is 0 Å². The molecule has 96 valence electrons. The Hall–Kier alpha value is -0.170. The van der Waals surface area contributed by atoms with Crippen molar-refractivity contribution in [2.75, 3.05) is 26.2 Å². The minimum absolute atomic E-state index is 0.363. The molecular weight excluding hydrogens is 226 g/mol. The van der Waals surface area contributed by atoms with Crippen LogP contribution in [0.15, 0.2) is 0 Å². The maximum Gasteiger partial charge on any atom is 0.279 e. The Morgan fingerprint density at radius 3 is 2.50 bits per heavy atom. The van der Waals surface area contributed by atoms with Crippen LogP contribution in [0.4, 0.5) is 0 Å². The van der Waals surface area contributed by atoms with Gasteiger partial charge in [-0.3, -0.25) is 0 Å². The summed E-state index contributed by atoms with van der Waals surface area (Å²) in [5.41, 5.74) is 0. The molecule has 0 amide bonds. The third-order valence-corrected chi connectivity index (χ3v) is 4.67. The molecule has 0 aliphatic carbocycles. The molecule has 0 bridgehead atoms. The number of piperidine rings is 1. The summed E-state index contributed by atoms with van der Waals surface area (Å²) in [6.07, 6.45) is 0.889. The molecule has 2 atom stereocenters. The highest BCUT2D eigenvalue weighted by Gasteiger charge is 2.31. The van der Waals surface area contributed by atoms with Gasteiger partial charge in [-0.2, -0.15) is 12.7 Å².